The Morgan fingerprint density at radius 3 is 2.57 bits per heavy atom. The van der Waals surface area contributed by atoms with Gasteiger partial charge in [-0.05, 0) is 60.9 Å². The van der Waals surface area contributed by atoms with Gasteiger partial charge < -0.3 is 4.57 Å². The number of aromatic nitrogens is 3. The van der Waals surface area contributed by atoms with Gasteiger partial charge in [0.1, 0.15) is 17.8 Å². The van der Waals surface area contributed by atoms with Gasteiger partial charge in [-0.2, -0.15) is 11.3 Å². The lowest BCUT2D eigenvalue weighted by Gasteiger charge is -2.43. The molecule has 0 N–H and O–H groups in total. The Bertz CT molecular complexity index is 664. The standard InChI is InChI=1S/C16H18FN3S/c17-12-7-16(8-12,11-5-6-21-9-11)15-19-18-14(10-1-2-10)20(15)13-3-4-13/h5-6,9-10,12-13H,1-4,7-8H2/t12-,16-. The molecule has 0 bridgehead atoms. The predicted molar refractivity (Wildman–Crippen MR) is 79.5 cm³/mol. The summed E-state index contributed by atoms with van der Waals surface area (Å²) >= 11 is 1.69. The minimum Gasteiger partial charge on any atom is -0.311 e. The molecule has 5 heteroatoms. The van der Waals surface area contributed by atoms with Crippen LogP contribution in [0.15, 0.2) is 16.8 Å². The van der Waals surface area contributed by atoms with Crippen LogP contribution in [0.5, 0.6) is 0 Å². The molecule has 2 aromatic rings. The first-order chi connectivity index (χ1) is 10.3. The highest BCUT2D eigenvalue weighted by molar-refractivity contribution is 7.08. The van der Waals surface area contributed by atoms with Crippen molar-refractivity contribution in [3.8, 4) is 0 Å². The Morgan fingerprint density at radius 2 is 2.00 bits per heavy atom. The molecule has 5 rings (SSSR count). The Kier molecular flexibility index (Phi) is 2.44. The Balaban J connectivity index is 1.65. The summed E-state index contributed by atoms with van der Waals surface area (Å²) in [6.45, 7) is 0. The molecule has 0 radical (unpaired) electrons. The number of rotatable bonds is 4. The van der Waals surface area contributed by atoms with Crippen molar-refractivity contribution in [2.75, 3.05) is 0 Å². The van der Waals surface area contributed by atoms with Crippen LogP contribution < -0.4 is 0 Å². The molecule has 0 aromatic carbocycles. The highest BCUT2D eigenvalue weighted by atomic mass is 32.1. The van der Waals surface area contributed by atoms with E-state index in [0.717, 1.165) is 5.82 Å². The number of nitrogens with zero attached hydrogens (tertiary/aromatic N) is 3. The van der Waals surface area contributed by atoms with Gasteiger partial charge in [0.15, 0.2) is 0 Å². The zero-order chi connectivity index (χ0) is 14.0. The number of hydrogen-bond acceptors (Lipinski definition) is 3. The second-order valence-corrected chi connectivity index (χ2v) is 7.64. The van der Waals surface area contributed by atoms with E-state index in [9.17, 15) is 4.39 Å². The van der Waals surface area contributed by atoms with Crippen LogP contribution in [0.2, 0.25) is 0 Å². The van der Waals surface area contributed by atoms with Crippen molar-refractivity contribution in [3.05, 3.63) is 34.0 Å². The summed E-state index contributed by atoms with van der Waals surface area (Å²) < 4.78 is 16.2. The second kappa shape index (κ2) is 4.15. The minimum atomic E-state index is -0.696. The van der Waals surface area contributed by atoms with Crippen LogP contribution in [0.3, 0.4) is 0 Å². The smallest absolute Gasteiger partial charge is 0.144 e. The number of hydrogen-bond donors (Lipinski definition) is 0. The third-order valence-corrected chi connectivity index (χ3v) is 5.90. The largest absolute Gasteiger partial charge is 0.311 e. The van der Waals surface area contributed by atoms with Crippen molar-refractivity contribution < 1.29 is 4.39 Å². The molecule has 0 atom stereocenters. The molecule has 3 saturated carbocycles. The van der Waals surface area contributed by atoms with E-state index in [2.05, 4.69) is 31.6 Å². The molecule has 3 fully saturated rings. The molecule has 0 amide bonds. The molecule has 3 aliphatic rings. The minimum absolute atomic E-state index is 0.220. The first-order valence-corrected chi connectivity index (χ1v) is 8.84. The molecule has 0 spiro atoms. The number of thiophene rings is 1. The molecule has 2 aromatic heterocycles. The zero-order valence-electron chi connectivity index (χ0n) is 11.8. The molecular weight excluding hydrogens is 285 g/mol. The SMILES string of the molecule is F[C@H]1C[C@](c2ccsc2)(c2nnc(C3CC3)n2C2CC2)C1. The van der Waals surface area contributed by atoms with Crippen LogP contribution in [0.4, 0.5) is 4.39 Å². The fourth-order valence-electron chi connectivity index (χ4n) is 3.72. The Morgan fingerprint density at radius 1 is 1.19 bits per heavy atom. The van der Waals surface area contributed by atoms with E-state index >= 15 is 0 Å². The fourth-order valence-corrected chi connectivity index (χ4v) is 4.48. The van der Waals surface area contributed by atoms with E-state index in [1.165, 1.54) is 37.1 Å². The van der Waals surface area contributed by atoms with Crippen LogP contribution >= 0.6 is 11.3 Å². The fraction of sp³-hybridized carbons (Fsp3) is 0.625. The van der Waals surface area contributed by atoms with Gasteiger partial charge in [0, 0.05) is 12.0 Å². The van der Waals surface area contributed by atoms with Gasteiger partial charge in [0.2, 0.25) is 0 Å². The van der Waals surface area contributed by atoms with Gasteiger partial charge in [0.05, 0.1) is 5.41 Å². The summed E-state index contributed by atoms with van der Waals surface area (Å²) in [6, 6.07) is 2.71. The summed E-state index contributed by atoms with van der Waals surface area (Å²) in [6.07, 6.45) is 5.37. The third-order valence-electron chi connectivity index (χ3n) is 5.22. The van der Waals surface area contributed by atoms with Gasteiger partial charge in [0.25, 0.3) is 0 Å². The van der Waals surface area contributed by atoms with Gasteiger partial charge in [-0.15, -0.1) is 10.2 Å². The molecule has 0 aliphatic heterocycles. The summed E-state index contributed by atoms with van der Waals surface area (Å²) in [5, 5.41) is 13.3. The van der Waals surface area contributed by atoms with E-state index in [0.29, 0.717) is 24.8 Å². The lowest BCUT2D eigenvalue weighted by molar-refractivity contribution is 0.113. The third kappa shape index (κ3) is 1.76. The van der Waals surface area contributed by atoms with Gasteiger partial charge in [-0.1, -0.05) is 0 Å². The predicted octanol–water partition coefficient (Wildman–Crippen LogP) is 3.97. The van der Waals surface area contributed by atoms with E-state index in [1.54, 1.807) is 11.3 Å². The summed E-state index contributed by atoms with van der Waals surface area (Å²) in [5.41, 5.74) is 1.01. The molecule has 2 heterocycles. The monoisotopic (exact) mass is 303 g/mol. The highest BCUT2D eigenvalue weighted by Crippen LogP contribution is 2.54. The van der Waals surface area contributed by atoms with Gasteiger partial charge in [-0.25, -0.2) is 4.39 Å². The lowest BCUT2D eigenvalue weighted by atomic mass is 9.63. The molecule has 0 unspecified atom stereocenters. The van der Waals surface area contributed by atoms with Crippen molar-refractivity contribution >= 4 is 11.3 Å². The Hall–Kier alpha value is -1.23. The van der Waals surface area contributed by atoms with Crippen molar-refractivity contribution in [3.63, 3.8) is 0 Å². The van der Waals surface area contributed by atoms with Crippen molar-refractivity contribution in [2.24, 2.45) is 0 Å². The molecule has 3 aliphatic carbocycles. The first-order valence-electron chi connectivity index (χ1n) is 7.90. The molecule has 110 valence electrons. The number of halogens is 1. The summed E-state index contributed by atoms with van der Waals surface area (Å²) in [4.78, 5) is 0. The quantitative estimate of drug-likeness (QED) is 0.855. The number of alkyl halides is 1. The van der Waals surface area contributed by atoms with Crippen LogP contribution in [0, 0.1) is 0 Å². The topological polar surface area (TPSA) is 30.7 Å². The zero-order valence-corrected chi connectivity index (χ0v) is 12.7. The average molecular weight is 303 g/mol. The maximum atomic E-state index is 13.8. The van der Waals surface area contributed by atoms with E-state index < -0.39 is 6.17 Å². The van der Waals surface area contributed by atoms with Crippen LogP contribution in [-0.4, -0.2) is 20.9 Å². The normalized spacial score (nSPS) is 32.1. The summed E-state index contributed by atoms with van der Waals surface area (Å²) in [7, 11) is 0. The highest BCUT2D eigenvalue weighted by Gasteiger charge is 2.53. The molecule has 0 saturated heterocycles. The maximum Gasteiger partial charge on any atom is 0.144 e. The Labute approximate surface area is 127 Å². The van der Waals surface area contributed by atoms with E-state index in [4.69, 9.17) is 0 Å². The van der Waals surface area contributed by atoms with Crippen LogP contribution in [0.25, 0.3) is 0 Å². The molecular formula is C16H18FN3S. The second-order valence-electron chi connectivity index (χ2n) is 6.86. The maximum absolute atomic E-state index is 13.8. The van der Waals surface area contributed by atoms with E-state index in [1.807, 2.05) is 0 Å². The van der Waals surface area contributed by atoms with E-state index in [-0.39, 0.29) is 5.41 Å². The first kappa shape index (κ1) is 12.3. The van der Waals surface area contributed by atoms with Gasteiger partial charge >= 0.3 is 0 Å². The van der Waals surface area contributed by atoms with Crippen molar-refractivity contribution in [1.82, 2.24) is 14.8 Å². The lowest BCUT2D eigenvalue weighted by Crippen LogP contribution is -2.45. The van der Waals surface area contributed by atoms with Gasteiger partial charge in [-0.3, -0.25) is 0 Å². The average Bonchev–Trinajstić information content (AvgIpc) is 3.37. The van der Waals surface area contributed by atoms with Crippen LogP contribution in [-0.2, 0) is 5.41 Å². The molecule has 3 nitrogen and oxygen atoms in total. The van der Waals surface area contributed by atoms with Crippen LogP contribution in [0.1, 0.15) is 67.7 Å². The van der Waals surface area contributed by atoms with Crippen molar-refractivity contribution in [2.45, 2.75) is 62.1 Å². The van der Waals surface area contributed by atoms with Crippen molar-refractivity contribution in [1.29, 1.82) is 0 Å². The summed E-state index contributed by atoms with van der Waals surface area (Å²) in [5.74, 6) is 2.82. The molecule has 21 heavy (non-hydrogen) atoms.